The van der Waals surface area contributed by atoms with Gasteiger partial charge in [0, 0.05) is 44.2 Å². The average Bonchev–Trinajstić information content (AvgIpc) is 3.40. The summed E-state index contributed by atoms with van der Waals surface area (Å²) in [4.78, 5) is 11.4. The largest absolute Gasteiger partial charge is 0.454 e. The van der Waals surface area contributed by atoms with Crippen LogP contribution in [0.4, 0.5) is 5.69 Å². The SMILES string of the molecule is CSc1ccccc1NC(=NCC1CCCC(CN)C1)N1CCN(Cc2ccc3c(c2)OCO3)CC1. The molecule has 0 amide bonds. The van der Waals surface area contributed by atoms with E-state index in [0.29, 0.717) is 18.6 Å². The van der Waals surface area contributed by atoms with Crippen LogP contribution in [0.15, 0.2) is 52.4 Å². The Balaban J connectivity index is 1.24. The van der Waals surface area contributed by atoms with Crippen molar-refractivity contribution in [2.75, 3.05) is 57.6 Å². The van der Waals surface area contributed by atoms with Gasteiger partial charge in [-0.1, -0.05) is 24.6 Å². The lowest BCUT2D eigenvalue weighted by Gasteiger charge is -2.37. The zero-order valence-corrected chi connectivity index (χ0v) is 22.1. The highest BCUT2D eigenvalue weighted by atomic mass is 32.2. The van der Waals surface area contributed by atoms with Gasteiger partial charge in [-0.15, -0.1) is 11.8 Å². The normalized spacial score (nSPS) is 22.6. The Kier molecular flexibility index (Phi) is 8.56. The molecule has 3 N–H and O–H groups in total. The minimum atomic E-state index is 0.319. The van der Waals surface area contributed by atoms with Gasteiger partial charge in [0.05, 0.1) is 5.69 Å². The fraction of sp³-hybridized carbons (Fsp3) is 0.536. The van der Waals surface area contributed by atoms with Crippen molar-refractivity contribution in [3.63, 3.8) is 0 Å². The molecule has 1 aliphatic carbocycles. The zero-order chi connectivity index (χ0) is 24.7. The Morgan fingerprint density at radius 2 is 1.86 bits per heavy atom. The number of rotatable bonds is 7. The third-order valence-corrected chi connectivity index (χ3v) is 8.39. The van der Waals surface area contributed by atoms with E-state index in [2.05, 4.69) is 57.8 Å². The number of fused-ring (bicyclic) bond motifs is 1. The van der Waals surface area contributed by atoms with E-state index in [1.807, 2.05) is 6.07 Å². The van der Waals surface area contributed by atoms with Gasteiger partial charge < -0.3 is 25.4 Å². The lowest BCUT2D eigenvalue weighted by atomic mass is 9.81. The summed E-state index contributed by atoms with van der Waals surface area (Å²) in [5.41, 5.74) is 8.39. The minimum absolute atomic E-state index is 0.319. The van der Waals surface area contributed by atoms with E-state index in [9.17, 15) is 0 Å². The van der Waals surface area contributed by atoms with Crippen LogP contribution in [0.3, 0.4) is 0 Å². The summed E-state index contributed by atoms with van der Waals surface area (Å²) in [6, 6.07) is 14.8. The van der Waals surface area contributed by atoms with Gasteiger partial charge in [-0.2, -0.15) is 0 Å². The Bertz CT molecular complexity index is 1040. The molecule has 2 atom stereocenters. The molecule has 2 aliphatic heterocycles. The maximum atomic E-state index is 5.99. The number of piperazine rings is 1. The second-order valence-electron chi connectivity index (χ2n) is 10.1. The molecule has 194 valence electrons. The van der Waals surface area contributed by atoms with Crippen molar-refractivity contribution in [2.24, 2.45) is 22.6 Å². The number of aliphatic imine (C=N–C) groups is 1. The Morgan fingerprint density at radius 1 is 1.06 bits per heavy atom. The van der Waals surface area contributed by atoms with Crippen LogP contribution in [0, 0.1) is 11.8 Å². The molecule has 5 rings (SSSR count). The van der Waals surface area contributed by atoms with Crippen molar-refractivity contribution in [3.8, 4) is 11.5 Å². The van der Waals surface area contributed by atoms with Crippen molar-refractivity contribution < 1.29 is 9.47 Å². The molecule has 3 aliphatic rings. The van der Waals surface area contributed by atoms with Crippen LogP contribution in [0.2, 0.25) is 0 Å². The highest BCUT2D eigenvalue weighted by Crippen LogP contribution is 2.33. The van der Waals surface area contributed by atoms with Gasteiger partial charge >= 0.3 is 0 Å². The molecular weight excluding hydrogens is 470 g/mol. The number of para-hydroxylation sites is 1. The molecule has 7 nitrogen and oxygen atoms in total. The van der Waals surface area contributed by atoms with Gasteiger partial charge in [-0.3, -0.25) is 9.89 Å². The molecular formula is C28H39N5O2S. The number of benzene rings is 2. The molecule has 8 heteroatoms. The maximum absolute atomic E-state index is 5.99. The van der Waals surface area contributed by atoms with E-state index in [-0.39, 0.29) is 0 Å². The van der Waals surface area contributed by atoms with Crippen LogP contribution < -0.4 is 20.5 Å². The molecule has 1 saturated carbocycles. The molecule has 2 unspecified atom stereocenters. The summed E-state index contributed by atoms with van der Waals surface area (Å²) in [5, 5.41) is 3.71. The summed E-state index contributed by atoms with van der Waals surface area (Å²) < 4.78 is 11.0. The summed E-state index contributed by atoms with van der Waals surface area (Å²) in [6.07, 6.45) is 7.14. The number of nitrogens with zero attached hydrogens (tertiary/aromatic N) is 3. The lowest BCUT2D eigenvalue weighted by molar-refractivity contribution is 0.172. The van der Waals surface area contributed by atoms with E-state index in [1.54, 1.807) is 11.8 Å². The first-order valence-electron chi connectivity index (χ1n) is 13.2. The van der Waals surface area contributed by atoms with Crippen molar-refractivity contribution in [1.82, 2.24) is 9.80 Å². The van der Waals surface area contributed by atoms with Crippen LogP contribution >= 0.6 is 11.8 Å². The first-order chi connectivity index (χ1) is 17.7. The number of thioether (sulfide) groups is 1. The van der Waals surface area contributed by atoms with Crippen LogP contribution in [0.5, 0.6) is 11.5 Å². The van der Waals surface area contributed by atoms with E-state index in [0.717, 1.165) is 69.0 Å². The van der Waals surface area contributed by atoms with Crippen molar-refractivity contribution >= 4 is 23.4 Å². The lowest BCUT2D eigenvalue weighted by Crippen LogP contribution is -2.50. The van der Waals surface area contributed by atoms with Crippen molar-refractivity contribution in [1.29, 1.82) is 0 Å². The van der Waals surface area contributed by atoms with Crippen LogP contribution in [0.1, 0.15) is 31.2 Å². The fourth-order valence-electron chi connectivity index (χ4n) is 5.50. The van der Waals surface area contributed by atoms with E-state index in [1.165, 1.54) is 36.1 Å². The number of anilines is 1. The third-order valence-electron chi connectivity index (χ3n) is 7.59. The fourth-order valence-corrected chi connectivity index (χ4v) is 6.05. The van der Waals surface area contributed by atoms with E-state index >= 15 is 0 Å². The number of nitrogens with one attached hydrogen (secondary N) is 1. The monoisotopic (exact) mass is 509 g/mol. The Hall–Kier alpha value is -2.42. The average molecular weight is 510 g/mol. The summed E-state index contributed by atoms with van der Waals surface area (Å²) in [6.45, 7) is 6.81. The molecule has 0 aromatic heterocycles. The highest BCUT2D eigenvalue weighted by molar-refractivity contribution is 7.98. The predicted molar refractivity (Wildman–Crippen MR) is 148 cm³/mol. The number of guanidine groups is 1. The molecule has 2 heterocycles. The van der Waals surface area contributed by atoms with E-state index < -0.39 is 0 Å². The third kappa shape index (κ3) is 6.28. The molecule has 36 heavy (non-hydrogen) atoms. The molecule has 2 aromatic rings. The van der Waals surface area contributed by atoms with Gasteiger partial charge in [0.2, 0.25) is 6.79 Å². The number of hydrogen-bond donors (Lipinski definition) is 2. The summed E-state index contributed by atoms with van der Waals surface area (Å²) >= 11 is 1.77. The predicted octanol–water partition coefficient (Wildman–Crippen LogP) is 4.49. The first-order valence-corrected chi connectivity index (χ1v) is 14.4. The Labute approximate surface area is 219 Å². The van der Waals surface area contributed by atoms with Crippen molar-refractivity contribution in [3.05, 3.63) is 48.0 Å². The molecule has 2 aromatic carbocycles. The number of ether oxygens (including phenoxy) is 2. The second kappa shape index (κ2) is 12.2. The quantitative estimate of drug-likeness (QED) is 0.324. The topological polar surface area (TPSA) is 75.4 Å². The van der Waals surface area contributed by atoms with Gasteiger partial charge in [-0.25, -0.2) is 0 Å². The van der Waals surface area contributed by atoms with Crippen LogP contribution in [0.25, 0.3) is 0 Å². The van der Waals surface area contributed by atoms with Crippen LogP contribution in [-0.4, -0.2) is 68.1 Å². The molecule has 0 spiro atoms. The summed E-state index contributed by atoms with van der Waals surface area (Å²) in [5.74, 6) is 4.00. The minimum Gasteiger partial charge on any atom is -0.454 e. The zero-order valence-electron chi connectivity index (χ0n) is 21.3. The standard InChI is InChI=1S/C28H39N5O2S/c1-36-27-8-3-2-7-24(27)31-28(30-18-22-6-4-5-21(15-22)17-29)33-13-11-32(12-14-33)19-23-9-10-25-26(16-23)35-20-34-25/h2-3,7-10,16,21-22H,4-6,11-15,17-20,29H2,1H3,(H,30,31). The first kappa shape index (κ1) is 25.2. The van der Waals surface area contributed by atoms with Gasteiger partial charge in [0.1, 0.15) is 0 Å². The number of nitrogens with two attached hydrogens (primary N) is 1. The summed E-state index contributed by atoms with van der Waals surface area (Å²) in [7, 11) is 0. The van der Waals surface area contributed by atoms with Crippen LogP contribution in [-0.2, 0) is 6.54 Å². The smallest absolute Gasteiger partial charge is 0.231 e. The number of hydrogen-bond acceptors (Lipinski definition) is 6. The molecule has 2 fully saturated rings. The van der Waals surface area contributed by atoms with Gasteiger partial charge in [-0.05, 0) is 73.7 Å². The molecule has 0 radical (unpaired) electrons. The van der Waals surface area contributed by atoms with Crippen molar-refractivity contribution in [2.45, 2.75) is 37.1 Å². The highest BCUT2D eigenvalue weighted by Gasteiger charge is 2.24. The van der Waals surface area contributed by atoms with Gasteiger partial charge in [0.15, 0.2) is 17.5 Å². The molecule has 0 bridgehead atoms. The second-order valence-corrected chi connectivity index (χ2v) is 10.9. The Morgan fingerprint density at radius 3 is 2.69 bits per heavy atom. The molecule has 1 saturated heterocycles. The van der Waals surface area contributed by atoms with Gasteiger partial charge in [0.25, 0.3) is 0 Å². The maximum Gasteiger partial charge on any atom is 0.231 e. The van der Waals surface area contributed by atoms with E-state index in [4.69, 9.17) is 20.2 Å².